The number of hydrogen-bond donors (Lipinski definition) is 3. The molecule has 5 heteroatoms. The van der Waals surface area contributed by atoms with Gasteiger partial charge in [0.1, 0.15) is 0 Å². The molecular formula is C23H26N4O. The molecule has 28 heavy (non-hydrogen) atoms. The topological polar surface area (TPSA) is 80.0 Å². The number of carbonyl (C=O) groups excluding carboxylic acids is 1. The molecule has 1 heterocycles. The maximum Gasteiger partial charge on any atom is 0.255 e. The Labute approximate surface area is 166 Å². The Kier molecular flexibility index (Phi) is 6.40. The molecule has 0 bridgehead atoms. The molecule has 0 aliphatic carbocycles. The zero-order chi connectivity index (χ0) is 19.9. The number of carbonyl (C=O) groups is 1. The van der Waals surface area contributed by atoms with Crippen molar-refractivity contribution in [2.24, 2.45) is 0 Å². The van der Waals surface area contributed by atoms with Crippen molar-refractivity contribution in [3.63, 3.8) is 0 Å². The van der Waals surface area contributed by atoms with Crippen LogP contribution in [0.15, 0.2) is 60.8 Å². The van der Waals surface area contributed by atoms with E-state index in [1.807, 2.05) is 42.6 Å². The van der Waals surface area contributed by atoms with E-state index < -0.39 is 0 Å². The van der Waals surface area contributed by atoms with E-state index in [4.69, 9.17) is 5.73 Å². The third kappa shape index (κ3) is 4.56. The number of anilines is 2. The highest BCUT2D eigenvalue weighted by Crippen LogP contribution is 2.24. The number of amides is 1. The summed E-state index contributed by atoms with van der Waals surface area (Å²) in [6, 6.07) is 16.9. The number of hydrogen-bond acceptors (Lipinski definition) is 4. The predicted molar refractivity (Wildman–Crippen MR) is 115 cm³/mol. The van der Waals surface area contributed by atoms with Crippen molar-refractivity contribution in [3.05, 3.63) is 77.5 Å². The van der Waals surface area contributed by atoms with Crippen molar-refractivity contribution in [2.75, 3.05) is 17.6 Å². The fourth-order valence-electron chi connectivity index (χ4n) is 3.04. The number of benzene rings is 2. The van der Waals surface area contributed by atoms with Crippen molar-refractivity contribution >= 4 is 17.3 Å². The molecule has 3 rings (SSSR count). The SMILES string of the molecule is CCNCc1cnc(-c2ccc(C(=O)Nc3ccccc3N)cc2)c(CC)c1. The van der Waals surface area contributed by atoms with Gasteiger partial charge in [-0.05, 0) is 48.4 Å². The lowest BCUT2D eigenvalue weighted by Gasteiger charge is -2.11. The van der Waals surface area contributed by atoms with Crippen LogP contribution in [-0.4, -0.2) is 17.4 Å². The van der Waals surface area contributed by atoms with Gasteiger partial charge in [-0.3, -0.25) is 9.78 Å². The highest BCUT2D eigenvalue weighted by atomic mass is 16.1. The zero-order valence-corrected chi connectivity index (χ0v) is 16.3. The minimum atomic E-state index is -0.186. The first-order valence-electron chi connectivity index (χ1n) is 9.57. The van der Waals surface area contributed by atoms with E-state index in [0.29, 0.717) is 16.9 Å². The first-order chi connectivity index (χ1) is 13.6. The Balaban J connectivity index is 1.78. The molecule has 0 spiro atoms. The van der Waals surface area contributed by atoms with Crippen molar-refractivity contribution in [2.45, 2.75) is 26.8 Å². The summed E-state index contributed by atoms with van der Waals surface area (Å²) in [5.74, 6) is -0.186. The summed E-state index contributed by atoms with van der Waals surface area (Å²) >= 11 is 0. The van der Waals surface area contributed by atoms with Gasteiger partial charge in [-0.15, -0.1) is 0 Å². The minimum absolute atomic E-state index is 0.186. The molecule has 0 aliphatic rings. The highest BCUT2D eigenvalue weighted by molar-refractivity contribution is 6.05. The van der Waals surface area contributed by atoms with Crippen LogP contribution in [0.2, 0.25) is 0 Å². The Morgan fingerprint density at radius 3 is 2.50 bits per heavy atom. The lowest BCUT2D eigenvalue weighted by molar-refractivity contribution is 0.102. The molecular weight excluding hydrogens is 348 g/mol. The molecule has 1 aromatic heterocycles. The van der Waals surface area contributed by atoms with E-state index in [2.05, 4.69) is 35.5 Å². The van der Waals surface area contributed by atoms with Gasteiger partial charge in [-0.2, -0.15) is 0 Å². The standard InChI is InChI=1S/C23H26N4O/c1-3-17-13-16(14-25-4-2)15-26-22(17)18-9-11-19(12-10-18)23(28)27-21-8-6-5-7-20(21)24/h5-13,15,25H,3-4,14,24H2,1-2H3,(H,27,28). The Hall–Kier alpha value is -3.18. The lowest BCUT2D eigenvalue weighted by atomic mass is 10.0. The zero-order valence-electron chi connectivity index (χ0n) is 16.3. The van der Waals surface area contributed by atoms with E-state index in [9.17, 15) is 4.79 Å². The Morgan fingerprint density at radius 2 is 1.82 bits per heavy atom. The number of nitrogens with one attached hydrogen (secondary N) is 2. The Bertz CT molecular complexity index is 951. The van der Waals surface area contributed by atoms with E-state index >= 15 is 0 Å². The molecule has 0 saturated carbocycles. The summed E-state index contributed by atoms with van der Waals surface area (Å²) in [7, 11) is 0. The van der Waals surface area contributed by atoms with Crippen molar-refractivity contribution < 1.29 is 4.79 Å². The van der Waals surface area contributed by atoms with Crippen LogP contribution in [0, 0.1) is 0 Å². The van der Waals surface area contributed by atoms with Crippen molar-refractivity contribution in [1.29, 1.82) is 0 Å². The maximum absolute atomic E-state index is 12.5. The smallest absolute Gasteiger partial charge is 0.255 e. The molecule has 0 radical (unpaired) electrons. The second kappa shape index (κ2) is 9.15. The maximum atomic E-state index is 12.5. The van der Waals surface area contributed by atoms with Crippen molar-refractivity contribution in [3.8, 4) is 11.3 Å². The van der Waals surface area contributed by atoms with Crippen LogP contribution in [-0.2, 0) is 13.0 Å². The summed E-state index contributed by atoms with van der Waals surface area (Å²) < 4.78 is 0. The first-order valence-corrected chi connectivity index (χ1v) is 9.57. The molecule has 1 amide bonds. The van der Waals surface area contributed by atoms with Crippen LogP contribution in [0.5, 0.6) is 0 Å². The summed E-state index contributed by atoms with van der Waals surface area (Å²) in [5, 5.41) is 6.17. The van der Waals surface area contributed by atoms with E-state index in [1.165, 1.54) is 11.1 Å². The number of para-hydroxylation sites is 2. The number of aryl methyl sites for hydroxylation is 1. The van der Waals surface area contributed by atoms with Gasteiger partial charge in [0.25, 0.3) is 5.91 Å². The Morgan fingerprint density at radius 1 is 1.07 bits per heavy atom. The van der Waals surface area contributed by atoms with Gasteiger partial charge in [0.15, 0.2) is 0 Å². The quantitative estimate of drug-likeness (QED) is 0.540. The highest BCUT2D eigenvalue weighted by Gasteiger charge is 2.11. The number of aromatic nitrogens is 1. The van der Waals surface area contributed by atoms with Crippen LogP contribution in [0.1, 0.15) is 35.3 Å². The number of nitrogen functional groups attached to an aromatic ring is 1. The van der Waals surface area contributed by atoms with Crippen molar-refractivity contribution in [1.82, 2.24) is 10.3 Å². The molecule has 4 N–H and O–H groups in total. The van der Waals surface area contributed by atoms with Crippen LogP contribution in [0.25, 0.3) is 11.3 Å². The molecule has 144 valence electrons. The molecule has 0 saturated heterocycles. The van der Waals surface area contributed by atoms with Crippen LogP contribution < -0.4 is 16.4 Å². The molecule has 2 aromatic carbocycles. The average molecular weight is 374 g/mol. The molecule has 0 atom stereocenters. The fourth-order valence-corrected chi connectivity index (χ4v) is 3.04. The number of nitrogens with two attached hydrogens (primary N) is 1. The minimum Gasteiger partial charge on any atom is -0.397 e. The number of pyridine rings is 1. The van der Waals surface area contributed by atoms with E-state index in [1.54, 1.807) is 12.1 Å². The first kappa shape index (κ1) is 19.6. The third-order valence-electron chi connectivity index (χ3n) is 4.61. The van der Waals surface area contributed by atoms with Crippen LogP contribution >= 0.6 is 0 Å². The normalized spacial score (nSPS) is 10.6. The van der Waals surface area contributed by atoms with Crippen LogP contribution in [0.4, 0.5) is 11.4 Å². The molecule has 3 aromatic rings. The fraction of sp³-hybridized carbons (Fsp3) is 0.217. The van der Waals surface area contributed by atoms with Gasteiger partial charge in [0.05, 0.1) is 17.1 Å². The lowest BCUT2D eigenvalue weighted by Crippen LogP contribution is -2.13. The van der Waals surface area contributed by atoms with E-state index in [-0.39, 0.29) is 5.91 Å². The summed E-state index contributed by atoms with van der Waals surface area (Å²) in [4.78, 5) is 17.2. The van der Waals surface area contributed by atoms with Gasteiger partial charge < -0.3 is 16.4 Å². The van der Waals surface area contributed by atoms with Gasteiger partial charge in [-0.1, -0.05) is 44.2 Å². The second-order valence-electron chi connectivity index (χ2n) is 6.60. The molecule has 0 unspecified atom stereocenters. The molecule has 0 fully saturated rings. The average Bonchev–Trinajstić information content (AvgIpc) is 2.73. The summed E-state index contributed by atoms with van der Waals surface area (Å²) in [5.41, 5.74) is 12.0. The second-order valence-corrected chi connectivity index (χ2v) is 6.60. The molecule has 5 nitrogen and oxygen atoms in total. The summed E-state index contributed by atoms with van der Waals surface area (Å²) in [6.45, 7) is 5.97. The van der Waals surface area contributed by atoms with E-state index in [0.717, 1.165) is 30.8 Å². The van der Waals surface area contributed by atoms with Gasteiger partial charge in [-0.25, -0.2) is 0 Å². The third-order valence-corrected chi connectivity index (χ3v) is 4.61. The number of nitrogens with zero attached hydrogens (tertiary/aromatic N) is 1. The van der Waals surface area contributed by atoms with Gasteiger partial charge in [0, 0.05) is 23.9 Å². The summed E-state index contributed by atoms with van der Waals surface area (Å²) in [6.07, 6.45) is 2.81. The monoisotopic (exact) mass is 374 g/mol. The van der Waals surface area contributed by atoms with Gasteiger partial charge in [0.2, 0.25) is 0 Å². The largest absolute Gasteiger partial charge is 0.397 e. The number of rotatable bonds is 7. The van der Waals surface area contributed by atoms with Crippen LogP contribution in [0.3, 0.4) is 0 Å². The predicted octanol–water partition coefficient (Wildman–Crippen LogP) is 4.26. The molecule has 0 aliphatic heterocycles. The van der Waals surface area contributed by atoms with Gasteiger partial charge >= 0.3 is 0 Å².